The highest BCUT2D eigenvalue weighted by atomic mass is 32.1. The van der Waals surface area contributed by atoms with E-state index in [1.807, 2.05) is 0 Å². The molecule has 4 rings (SSSR count). The van der Waals surface area contributed by atoms with Crippen LogP contribution >= 0.6 is 11.3 Å². The normalized spacial score (nSPS) is 13.1. The van der Waals surface area contributed by atoms with Gasteiger partial charge in [-0.15, -0.1) is 11.3 Å². The number of carbonyl (C=O) groups is 1. The summed E-state index contributed by atoms with van der Waals surface area (Å²) in [5, 5.41) is 2.35. The molecule has 2 aromatic carbocycles. The summed E-state index contributed by atoms with van der Waals surface area (Å²) < 4.78 is 40.6. The second-order valence-corrected chi connectivity index (χ2v) is 6.87. The fraction of sp³-hybridized carbons (Fsp3) is 0.158. The minimum absolute atomic E-state index is 0.0173. The van der Waals surface area contributed by atoms with Crippen LogP contribution in [0.4, 0.5) is 18.9 Å². The number of benzene rings is 2. The first kappa shape index (κ1) is 16.8. The lowest BCUT2D eigenvalue weighted by Crippen LogP contribution is -2.30. The number of aromatic nitrogens is 1. The molecule has 0 atom stereocenters. The number of fused-ring (bicyclic) bond motifs is 1. The first-order chi connectivity index (χ1) is 12.5. The molecule has 0 saturated heterocycles. The van der Waals surface area contributed by atoms with Crippen LogP contribution in [-0.4, -0.2) is 17.4 Å². The molecule has 0 saturated carbocycles. The number of thiazole rings is 1. The maximum absolute atomic E-state index is 13.8. The van der Waals surface area contributed by atoms with E-state index in [9.17, 15) is 18.0 Å². The van der Waals surface area contributed by atoms with Gasteiger partial charge in [0.1, 0.15) is 22.5 Å². The van der Waals surface area contributed by atoms with Gasteiger partial charge in [-0.25, -0.2) is 18.2 Å². The summed E-state index contributed by atoms with van der Waals surface area (Å²) in [5.74, 6) is -1.96. The second-order valence-electron chi connectivity index (χ2n) is 6.01. The van der Waals surface area contributed by atoms with E-state index in [2.05, 4.69) is 4.98 Å². The predicted octanol–water partition coefficient (Wildman–Crippen LogP) is 4.36. The molecule has 2 heterocycles. The average Bonchev–Trinajstić information content (AvgIpc) is 3.22. The Balaban J connectivity index is 1.54. The predicted molar refractivity (Wildman–Crippen MR) is 93.6 cm³/mol. The number of carbonyl (C=O) groups excluding carboxylic acids is 1. The van der Waals surface area contributed by atoms with E-state index in [0.29, 0.717) is 34.8 Å². The largest absolute Gasteiger partial charge is 0.311 e. The molecular weight excluding hydrogens is 361 g/mol. The SMILES string of the molecule is O=C(Cc1csc(-c2cccc(F)c2)n1)N1CCc2c(F)cc(F)cc21. The zero-order valence-corrected chi connectivity index (χ0v) is 14.3. The quantitative estimate of drug-likeness (QED) is 0.683. The topological polar surface area (TPSA) is 33.2 Å². The van der Waals surface area contributed by atoms with E-state index in [1.54, 1.807) is 17.5 Å². The lowest BCUT2D eigenvalue weighted by Gasteiger charge is -2.16. The van der Waals surface area contributed by atoms with Crippen molar-refractivity contribution in [3.63, 3.8) is 0 Å². The number of rotatable bonds is 3. The number of hydrogen-bond donors (Lipinski definition) is 0. The van der Waals surface area contributed by atoms with Crippen molar-refractivity contribution < 1.29 is 18.0 Å². The summed E-state index contributed by atoms with van der Waals surface area (Å²) >= 11 is 1.32. The van der Waals surface area contributed by atoms with E-state index in [1.165, 1.54) is 34.4 Å². The van der Waals surface area contributed by atoms with Crippen LogP contribution < -0.4 is 4.90 Å². The van der Waals surface area contributed by atoms with Crippen molar-refractivity contribution in [1.82, 2.24) is 4.98 Å². The molecule has 1 amide bonds. The molecule has 0 fully saturated rings. The van der Waals surface area contributed by atoms with Crippen LogP contribution in [-0.2, 0) is 17.6 Å². The number of anilines is 1. The minimum atomic E-state index is -0.706. The Bertz CT molecular complexity index is 1000. The van der Waals surface area contributed by atoms with Crippen LogP contribution in [0.1, 0.15) is 11.3 Å². The van der Waals surface area contributed by atoms with Crippen molar-refractivity contribution in [3.8, 4) is 10.6 Å². The van der Waals surface area contributed by atoms with Gasteiger partial charge in [0, 0.05) is 29.1 Å². The zero-order valence-electron chi connectivity index (χ0n) is 13.5. The fourth-order valence-electron chi connectivity index (χ4n) is 3.07. The lowest BCUT2D eigenvalue weighted by molar-refractivity contribution is -0.117. The van der Waals surface area contributed by atoms with Gasteiger partial charge in [-0.05, 0) is 24.6 Å². The Kier molecular flexibility index (Phi) is 4.24. The summed E-state index contributed by atoms with van der Waals surface area (Å²) in [6.07, 6.45) is 0.377. The van der Waals surface area contributed by atoms with Gasteiger partial charge in [-0.3, -0.25) is 4.79 Å². The first-order valence-corrected chi connectivity index (χ1v) is 8.88. The highest BCUT2D eigenvalue weighted by molar-refractivity contribution is 7.13. The van der Waals surface area contributed by atoms with Crippen LogP contribution in [0, 0.1) is 17.5 Å². The Hall–Kier alpha value is -2.67. The Morgan fingerprint density at radius 3 is 2.81 bits per heavy atom. The van der Waals surface area contributed by atoms with Crippen molar-refractivity contribution >= 4 is 22.9 Å². The average molecular weight is 374 g/mol. The van der Waals surface area contributed by atoms with Gasteiger partial charge in [-0.2, -0.15) is 0 Å². The Morgan fingerprint density at radius 2 is 2.00 bits per heavy atom. The molecule has 1 aromatic heterocycles. The van der Waals surface area contributed by atoms with Crippen molar-refractivity contribution in [2.45, 2.75) is 12.8 Å². The van der Waals surface area contributed by atoms with Gasteiger partial charge in [0.05, 0.1) is 17.8 Å². The number of nitrogens with zero attached hydrogens (tertiary/aromatic N) is 2. The van der Waals surface area contributed by atoms with Gasteiger partial charge >= 0.3 is 0 Å². The third-order valence-corrected chi connectivity index (χ3v) is 5.21. The maximum Gasteiger partial charge on any atom is 0.233 e. The van der Waals surface area contributed by atoms with Crippen molar-refractivity contribution in [2.75, 3.05) is 11.4 Å². The van der Waals surface area contributed by atoms with Gasteiger partial charge in [0.15, 0.2) is 0 Å². The maximum atomic E-state index is 13.8. The molecule has 1 aliphatic heterocycles. The van der Waals surface area contributed by atoms with E-state index < -0.39 is 11.6 Å². The Morgan fingerprint density at radius 1 is 1.15 bits per heavy atom. The minimum Gasteiger partial charge on any atom is -0.311 e. The lowest BCUT2D eigenvalue weighted by atomic mass is 10.1. The van der Waals surface area contributed by atoms with Crippen LogP contribution in [0.25, 0.3) is 10.6 Å². The molecule has 0 spiro atoms. The number of amides is 1. The number of hydrogen-bond acceptors (Lipinski definition) is 3. The standard InChI is InChI=1S/C19H13F3N2OS/c20-12-3-1-2-11(6-12)19-23-14(10-26-19)9-18(25)24-5-4-15-16(22)7-13(21)8-17(15)24/h1-3,6-8,10H,4-5,9H2. The molecule has 0 radical (unpaired) electrons. The van der Waals surface area contributed by atoms with E-state index in [-0.39, 0.29) is 23.8 Å². The molecule has 132 valence electrons. The van der Waals surface area contributed by atoms with Gasteiger partial charge in [0.25, 0.3) is 0 Å². The molecule has 3 nitrogen and oxygen atoms in total. The molecule has 26 heavy (non-hydrogen) atoms. The monoisotopic (exact) mass is 374 g/mol. The van der Waals surface area contributed by atoms with Crippen LogP contribution in [0.2, 0.25) is 0 Å². The Labute approximate surface area is 151 Å². The molecular formula is C19H13F3N2OS. The molecule has 1 aliphatic rings. The highest BCUT2D eigenvalue weighted by Crippen LogP contribution is 2.32. The van der Waals surface area contributed by atoms with Crippen LogP contribution in [0.3, 0.4) is 0 Å². The molecule has 3 aromatic rings. The first-order valence-electron chi connectivity index (χ1n) is 8.00. The smallest absolute Gasteiger partial charge is 0.233 e. The van der Waals surface area contributed by atoms with Gasteiger partial charge < -0.3 is 4.90 Å². The second kappa shape index (κ2) is 6.57. The molecule has 0 bridgehead atoms. The van der Waals surface area contributed by atoms with Crippen LogP contribution in [0.5, 0.6) is 0 Å². The van der Waals surface area contributed by atoms with Crippen molar-refractivity contribution in [1.29, 1.82) is 0 Å². The highest BCUT2D eigenvalue weighted by Gasteiger charge is 2.28. The van der Waals surface area contributed by atoms with E-state index >= 15 is 0 Å². The third-order valence-electron chi connectivity index (χ3n) is 4.27. The van der Waals surface area contributed by atoms with Crippen molar-refractivity contribution in [2.24, 2.45) is 0 Å². The molecule has 7 heteroatoms. The summed E-state index contributed by atoms with van der Waals surface area (Å²) in [6.45, 7) is 0.315. The summed E-state index contributed by atoms with van der Waals surface area (Å²) in [6, 6.07) is 8.09. The third kappa shape index (κ3) is 3.10. The zero-order chi connectivity index (χ0) is 18.3. The van der Waals surface area contributed by atoms with Crippen LogP contribution in [0.15, 0.2) is 41.8 Å². The molecule has 0 aliphatic carbocycles. The van der Waals surface area contributed by atoms with Gasteiger partial charge in [-0.1, -0.05) is 12.1 Å². The molecule has 0 unspecified atom stereocenters. The summed E-state index contributed by atoms with van der Waals surface area (Å²) in [5.41, 5.74) is 1.83. The number of halogens is 3. The fourth-order valence-corrected chi connectivity index (χ4v) is 3.89. The van der Waals surface area contributed by atoms with Crippen molar-refractivity contribution in [3.05, 3.63) is 70.5 Å². The summed E-state index contributed by atoms with van der Waals surface area (Å²) in [7, 11) is 0. The van der Waals surface area contributed by atoms with Gasteiger partial charge in [0.2, 0.25) is 5.91 Å². The van der Waals surface area contributed by atoms with E-state index in [0.717, 1.165) is 6.07 Å². The molecule has 0 N–H and O–H groups in total. The summed E-state index contributed by atoms with van der Waals surface area (Å²) in [4.78, 5) is 18.4. The van der Waals surface area contributed by atoms with E-state index in [4.69, 9.17) is 0 Å².